The van der Waals surface area contributed by atoms with Gasteiger partial charge in [0.25, 0.3) is 0 Å². The van der Waals surface area contributed by atoms with E-state index < -0.39 is 0 Å². The molecular formula is C14H30N2. The van der Waals surface area contributed by atoms with E-state index in [1.54, 1.807) is 0 Å². The zero-order valence-corrected chi connectivity index (χ0v) is 12.0. The van der Waals surface area contributed by atoms with E-state index in [2.05, 4.69) is 51.8 Å². The Bertz CT molecular complexity index is 207. The fraction of sp³-hybridized carbons (Fsp3) is 1.00. The molecule has 0 amide bonds. The van der Waals surface area contributed by atoms with Gasteiger partial charge in [-0.3, -0.25) is 4.90 Å². The quantitative estimate of drug-likeness (QED) is 0.796. The van der Waals surface area contributed by atoms with Crippen molar-refractivity contribution in [1.82, 2.24) is 10.2 Å². The fourth-order valence-corrected chi connectivity index (χ4v) is 2.70. The highest BCUT2D eigenvalue weighted by molar-refractivity contribution is 4.82. The first-order valence-corrected chi connectivity index (χ1v) is 6.78. The summed E-state index contributed by atoms with van der Waals surface area (Å²) in [5.74, 6) is 1.71. The maximum atomic E-state index is 3.58. The van der Waals surface area contributed by atoms with Crippen molar-refractivity contribution in [3.05, 3.63) is 0 Å². The standard InChI is InChI=1S/C14H30N2/c1-11-9-12(2)13(3)16(10-11)8-7-15-14(4,5)6/h11-13,15H,7-10H2,1-6H3. The van der Waals surface area contributed by atoms with Crippen molar-refractivity contribution >= 4 is 0 Å². The Morgan fingerprint density at radius 1 is 1.19 bits per heavy atom. The Kier molecular flexibility index (Phi) is 4.81. The summed E-state index contributed by atoms with van der Waals surface area (Å²) >= 11 is 0. The zero-order chi connectivity index (χ0) is 12.3. The predicted octanol–water partition coefficient (Wildman–Crippen LogP) is 2.74. The van der Waals surface area contributed by atoms with E-state index in [9.17, 15) is 0 Å². The molecule has 2 heteroatoms. The SMILES string of the molecule is CC1CC(C)C(C)N(CCNC(C)(C)C)C1. The van der Waals surface area contributed by atoms with E-state index in [-0.39, 0.29) is 5.54 Å². The molecule has 0 aromatic heterocycles. The Morgan fingerprint density at radius 2 is 1.81 bits per heavy atom. The smallest absolute Gasteiger partial charge is 0.0110 e. The highest BCUT2D eigenvalue weighted by Crippen LogP contribution is 2.26. The highest BCUT2D eigenvalue weighted by atomic mass is 15.2. The van der Waals surface area contributed by atoms with E-state index in [1.807, 2.05) is 0 Å². The second-order valence-corrected chi connectivity index (χ2v) is 6.73. The molecule has 0 aliphatic carbocycles. The third-order valence-corrected chi connectivity index (χ3v) is 3.77. The molecule has 1 fully saturated rings. The minimum atomic E-state index is 0.246. The summed E-state index contributed by atoms with van der Waals surface area (Å²) in [7, 11) is 0. The van der Waals surface area contributed by atoms with Crippen molar-refractivity contribution in [1.29, 1.82) is 0 Å². The molecule has 1 N–H and O–H groups in total. The molecule has 96 valence electrons. The van der Waals surface area contributed by atoms with Crippen LogP contribution in [-0.2, 0) is 0 Å². The second kappa shape index (κ2) is 5.50. The average molecular weight is 226 g/mol. The minimum Gasteiger partial charge on any atom is -0.311 e. The van der Waals surface area contributed by atoms with Gasteiger partial charge in [-0.05, 0) is 46.0 Å². The van der Waals surface area contributed by atoms with E-state index in [0.29, 0.717) is 0 Å². The maximum Gasteiger partial charge on any atom is 0.0110 e. The van der Waals surface area contributed by atoms with Crippen LogP contribution in [0.15, 0.2) is 0 Å². The molecule has 1 saturated heterocycles. The third-order valence-electron chi connectivity index (χ3n) is 3.77. The summed E-state index contributed by atoms with van der Waals surface area (Å²) in [6.45, 7) is 17.4. The number of hydrogen-bond donors (Lipinski definition) is 1. The number of rotatable bonds is 3. The monoisotopic (exact) mass is 226 g/mol. The van der Waals surface area contributed by atoms with Gasteiger partial charge in [0, 0.05) is 31.2 Å². The van der Waals surface area contributed by atoms with Crippen LogP contribution in [0.4, 0.5) is 0 Å². The molecule has 0 bridgehead atoms. The first-order valence-electron chi connectivity index (χ1n) is 6.78. The van der Waals surface area contributed by atoms with Crippen molar-refractivity contribution in [2.75, 3.05) is 19.6 Å². The van der Waals surface area contributed by atoms with Crippen LogP contribution in [0.5, 0.6) is 0 Å². The van der Waals surface area contributed by atoms with Gasteiger partial charge in [0.05, 0.1) is 0 Å². The molecule has 16 heavy (non-hydrogen) atoms. The lowest BCUT2D eigenvalue weighted by atomic mass is 9.86. The summed E-state index contributed by atoms with van der Waals surface area (Å²) in [5, 5.41) is 3.58. The lowest BCUT2D eigenvalue weighted by Crippen LogP contribution is -2.49. The van der Waals surface area contributed by atoms with Crippen LogP contribution in [-0.4, -0.2) is 36.1 Å². The van der Waals surface area contributed by atoms with Crippen LogP contribution < -0.4 is 5.32 Å². The first kappa shape index (κ1) is 14.0. The van der Waals surface area contributed by atoms with Crippen LogP contribution in [0.3, 0.4) is 0 Å². The van der Waals surface area contributed by atoms with Crippen molar-refractivity contribution < 1.29 is 0 Å². The largest absolute Gasteiger partial charge is 0.311 e. The lowest BCUT2D eigenvalue weighted by Gasteiger charge is -2.41. The van der Waals surface area contributed by atoms with Gasteiger partial charge < -0.3 is 5.32 Å². The molecular weight excluding hydrogens is 196 g/mol. The number of nitrogens with zero attached hydrogens (tertiary/aromatic N) is 1. The molecule has 0 spiro atoms. The number of nitrogens with one attached hydrogen (secondary N) is 1. The Hall–Kier alpha value is -0.0800. The van der Waals surface area contributed by atoms with Crippen molar-refractivity contribution in [3.63, 3.8) is 0 Å². The lowest BCUT2D eigenvalue weighted by molar-refractivity contribution is 0.0791. The molecule has 1 aliphatic rings. The van der Waals surface area contributed by atoms with E-state index in [1.165, 1.54) is 19.5 Å². The van der Waals surface area contributed by atoms with Crippen LogP contribution in [0, 0.1) is 11.8 Å². The van der Waals surface area contributed by atoms with Crippen LogP contribution in [0.2, 0.25) is 0 Å². The average Bonchev–Trinajstić information content (AvgIpc) is 2.11. The molecule has 3 atom stereocenters. The van der Waals surface area contributed by atoms with E-state index in [4.69, 9.17) is 0 Å². The molecule has 2 nitrogen and oxygen atoms in total. The second-order valence-electron chi connectivity index (χ2n) is 6.73. The van der Waals surface area contributed by atoms with Crippen LogP contribution in [0.1, 0.15) is 48.0 Å². The van der Waals surface area contributed by atoms with Crippen molar-refractivity contribution in [2.45, 2.75) is 59.5 Å². The Morgan fingerprint density at radius 3 is 2.38 bits per heavy atom. The van der Waals surface area contributed by atoms with Crippen molar-refractivity contribution in [2.24, 2.45) is 11.8 Å². The zero-order valence-electron chi connectivity index (χ0n) is 12.0. The van der Waals surface area contributed by atoms with E-state index >= 15 is 0 Å². The number of piperidine rings is 1. The predicted molar refractivity (Wildman–Crippen MR) is 71.7 cm³/mol. The molecule has 0 radical (unpaired) electrons. The van der Waals surface area contributed by atoms with Gasteiger partial charge in [-0.15, -0.1) is 0 Å². The number of likely N-dealkylation sites (tertiary alicyclic amines) is 1. The molecule has 3 unspecified atom stereocenters. The summed E-state index contributed by atoms with van der Waals surface area (Å²) in [5.41, 5.74) is 0.246. The van der Waals surface area contributed by atoms with Gasteiger partial charge in [0.15, 0.2) is 0 Å². The number of hydrogen-bond acceptors (Lipinski definition) is 2. The third kappa shape index (κ3) is 4.42. The molecule has 0 saturated carbocycles. The van der Waals surface area contributed by atoms with Gasteiger partial charge in [0.1, 0.15) is 0 Å². The molecule has 0 aromatic rings. The van der Waals surface area contributed by atoms with Gasteiger partial charge >= 0.3 is 0 Å². The molecule has 0 aromatic carbocycles. The normalized spacial score (nSPS) is 33.0. The molecule has 1 rings (SSSR count). The van der Waals surface area contributed by atoms with E-state index in [0.717, 1.165) is 24.4 Å². The van der Waals surface area contributed by atoms with Crippen LogP contribution in [0.25, 0.3) is 0 Å². The molecule has 1 heterocycles. The Labute approximate surface area is 102 Å². The fourth-order valence-electron chi connectivity index (χ4n) is 2.70. The van der Waals surface area contributed by atoms with Crippen molar-refractivity contribution in [3.8, 4) is 0 Å². The maximum absolute atomic E-state index is 3.58. The topological polar surface area (TPSA) is 15.3 Å². The summed E-state index contributed by atoms with van der Waals surface area (Å²) in [4.78, 5) is 2.65. The Balaban J connectivity index is 2.35. The molecule has 1 aliphatic heterocycles. The minimum absolute atomic E-state index is 0.246. The summed E-state index contributed by atoms with van der Waals surface area (Å²) in [6.07, 6.45) is 1.39. The summed E-state index contributed by atoms with van der Waals surface area (Å²) in [6, 6.07) is 0.748. The van der Waals surface area contributed by atoms with Gasteiger partial charge in [-0.2, -0.15) is 0 Å². The summed E-state index contributed by atoms with van der Waals surface area (Å²) < 4.78 is 0. The van der Waals surface area contributed by atoms with Gasteiger partial charge in [-0.25, -0.2) is 0 Å². The van der Waals surface area contributed by atoms with Gasteiger partial charge in [-0.1, -0.05) is 13.8 Å². The first-order chi connectivity index (χ1) is 7.29. The van der Waals surface area contributed by atoms with Crippen LogP contribution >= 0.6 is 0 Å². The highest BCUT2D eigenvalue weighted by Gasteiger charge is 2.28. The van der Waals surface area contributed by atoms with Gasteiger partial charge in [0.2, 0.25) is 0 Å².